The molecule has 3 N–H and O–H groups in total. The van der Waals surface area contributed by atoms with Crippen molar-refractivity contribution >= 4 is 23.8 Å². The minimum absolute atomic E-state index is 0.101. The maximum atomic E-state index is 12.2. The zero-order valence-electron chi connectivity index (χ0n) is 20.8. The molecule has 4 heterocycles. The number of nitrogens with two attached hydrogens (primary N) is 1. The first-order valence-corrected chi connectivity index (χ1v) is 12.3. The van der Waals surface area contributed by atoms with Gasteiger partial charge >= 0.3 is 6.09 Å². The third kappa shape index (κ3) is 4.95. The van der Waals surface area contributed by atoms with Crippen molar-refractivity contribution in [1.29, 1.82) is 0 Å². The third-order valence-electron chi connectivity index (χ3n) is 6.69. The summed E-state index contributed by atoms with van der Waals surface area (Å²) in [7, 11) is 0. The fraction of sp³-hybridized carbons (Fsp3) is 0.625. The summed E-state index contributed by atoms with van der Waals surface area (Å²) < 4.78 is 11.0. The molecule has 2 aromatic heterocycles. The summed E-state index contributed by atoms with van der Waals surface area (Å²) in [5, 5.41) is 2.99. The molecule has 35 heavy (non-hydrogen) atoms. The first-order valence-electron chi connectivity index (χ1n) is 12.3. The van der Waals surface area contributed by atoms with Crippen molar-refractivity contribution in [2.45, 2.75) is 70.7 Å². The molecule has 2 fully saturated rings. The Kier molecular flexibility index (Phi) is 6.12. The highest BCUT2D eigenvalue weighted by Crippen LogP contribution is 2.40. The molecule has 0 unspecified atom stereocenters. The molecular formula is C24H34N8O3. The molecular weight excluding hydrogens is 448 g/mol. The van der Waals surface area contributed by atoms with Crippen LogP contribution in [-0.2, 0) is 15.9 Å². The zero-order valence-corrected chi connectivity index (χ0v) is 20.8. The van der Waals surface area contributed by atoms with Crippen molar-refractivity contribution in [3.05, 3.63) is 18.0 Å². The van der Waals surface area contributed by atoms with Crippen LogP contribution in [0.3, 0.4) is 0 Å². The molecule has 0 radical (unpaired) electrons. The van der Waals surface area contributed by atoms with Gasteiger partial charge in [0.1, 0.15) is 11.4 Å². The van der Waals surface area contributed by atoms with Gasteiger partial charge in [-0.1, -0.05) is 0 Å². The summed E-state index contributed by atoms with van der Waals surface area (Å²) in [5.41, 5.74) is 8.01. The number of anilines is 3. The molecule has 0 spiro atoms. The summed E-state index contributed by atoms with van der Waals surface area (Å²) in [6, 6.07) is 0.583. The molecule has 2 aromatic rings. The van der Waals surface area contributed by atoms with Gasteiger partial charge in [-0.05, 0) is 47.0 Å². The van der Waals surface area contributed by atoms with E-state index in [9.17, 15) is 4.79 Å². The van der Waals surface area contributed by atoms with E-state index in [4.69, 9.17) is 25.2 Å². The Morgan fingerprint density at radius 1 is 1.17 bits per heavy atom. The van der Waals surface area contributed by atoms with E-state index in [1.54, 1.807) is 12.4 Å². The standard InChI is InChI=1S/C24H34N8O3/c1-14-13-34-8-7-31(14)22-29-19(15-11-26-21(25)27-12-15)18-5-6-32(20(18)30-22)17-9-16(10-17)28-23(33)35-24(2,3)4/h11-12,14,16-17H,5-10,13H2,1-4H3,(H,28,33)(H2,25,26,27)/t14-,16?,17?/m0/s1. The number of nitrogens with one attached hydrogen (secondary N) is 1. The lowest BCUT2D eigenvalue weighted by Crippen LogP contribution is -2.54. The maximum Gasteiger partial charge on any atom is 0.407 e. The SMILES string of the molecule is C[C@H]1COCCN1c1nc(-c2cnc(N)nc2)c2c(n1)N(C1CC(NC(=O)OC(C)(C)C)C1)CC2. The number of nitrogen functional groups attached to an aromatic ring is 1. The van der Waals surface area contributed by atoms with E-state index >= 15 is 0 Å². The Bertz CT molecular complexity index is 1080. The first kappa shape index (κ1) is 23.5. The van der Waals surface area contributed by atoms with Crippen LogP contribution in [0.4, 0.5) is 22.5 Å². The number of aromatic nitrogens is 4. The van der Waals surface area contributed by atoms with Crippen LogP contribution in [0.1, 0.15) is 46.1 Å². The van der Waals surface area contributed by atoms with Crippen molar-refractivity contribution in [2.24, 2.45) is 0 Å². The topological polar surface area (TPSA) is 132 Å². The van der Waals surface area contributed by atoms with Gasteiger partial charge in [-0.25, -0.2) is 19.7 Å². The van der Waals surface area contributed by atoms with E-state index < -0.39 is 5.60 Å². The Hall–Kier alpha value is -3.21. The number of fused-ring (bicyclic) bond motifs is 1. The minimum Gasteiger partial charge on any atom is -0.444 e. The smallest absolute Gasteiger partial charge is 0.407 e. The molecule has 1 atom stereocenters. The summed E-state index contributed by atoms with van der Waals surface area (Å²) >= 11 is 0. The van der Waals surface area contributed by atoms with E-state index in [-0.39, 0.29) is 24.1 Å². The van der Waals surface area contributed by atoms with Crippen LogP contribution in [-0.4, -0.2) is 76.1 Å². The van der Waals surface area contributed by atoms with Crippen molar-refractivity contribution in [3.63, 3.8) is 0 Å². The highest BCUT2D eigenvalue weighted by atomic mass is 16.6. The van der Waals surface area contributed by atoms with E-state index in [0.29, 0.717) is 25.2 Å². The van der Waals surface area contributed by atoms with Crippen LogP contribution < -0.4 is 20.9 Å². The van der Waals surface area contributed by atoms with Gasteiger partial charge in [0.15, 0.2) is 0 Å². The molecule has 1 saturated heterocycles. The molecule has 1 amide bonds. The van der Waals surface area contributed by atoms with Crippen molar-refractivity contribution in [2.75, 3.05) is 41.8 Å². The first-order chi connectivity index (χ1) is 16.7. The summed E-state index contributed by atoms with van der Waals surface area (Å²) in [4.78, 5) is 35.1. The molecule has 188 valence electrons. The number of carbonyl (C=O) groups is 1. The van der Waals surface area contributed by atoms with Gasteiger partial charge < -0.3 is 30.3 Å². The van der Waals surface area contributed by atoms with Gasteiger partial charge in [0.2, 0.25) is 11.9 Å². The molecule has 11 heteroatoms. The van der Waals surface area contributed by atoms with E-state index in [0.717, 1.165) is 55.0 Å². The van der Waals surface area contributed by atoms with Gasteiger partial charge in [-0.3, -0.25) is 0 Å². The summed E-state index contributed by atoms with van der Waals surface area (Å²) in [6.07, 6.45) is 5.64. The molecule has 1 aliphatic carbocycles. The van der Waals surface area contributed by atoms with Gasteiger partial charge in [0.25, 0.3) is 0 Å². The second-order valence-electron chi connectivity index (χ2n) is 10.5. The molecule has 0 bridgehead atoms. The Balaban J connectivity index is 1.39. The number of nitrogens with zero attached hydrogens (tertiary/aromatic N) is 6. The second kappa shape index (κ2) is 9.10. The molecule has 0 aromatic carbocycles. The van der Waals surface area contributed by atoms with Gasteiger partial charge in [-0.2, -0.15) is 4.98 Å². The Morgan fingerprint density at radius 3 is 2.60 bits per heavy atom. The average molecular weight is 483 g/mol. The van der Waals surface area contributed by atoms with Gasteiger partial charge in [-0.15, -0.1) is 0 Å². The highest BCUT2D eigenvalue weighted by Gasteiger charge is 2.40. The molecule has 3 aliphatic rings. The van der Waals surface area contributed by atoms with Crippen molar-refractivity contribution in [3.8, 4) is 11.3 Å². The number of rotatable bonds is 4. The fourth-order valence-corrected chi connectivity index (χ4v) is 4.91. The van der Waals surface area contributed by atoms with Crippen LogP contribution in [0.25, 0.3) is 11.3 Å². The van der Waals surface area contributed by atoms with E-state index in [2.05, 4.69) is 32.0 Å². The van der Waals surface area contributed by atoms with Crippen LogP contribution in [0.2, 0.25) is 0 Å². The van der Waals surface area contributed by atoms with Crippen LogP contribution >= 0.6 is 0 Å². The lowest BCUT2D eigenvalue weighted by Gasteiger charge is -2.42. The number of amides is 1. The monoisotopic (exact) mass is 482 g/mol. The zero-order chi connectivity index (χ0) is 24.7. The largest absolute Gasteiger partial charge is 0.444 e. The predicted octanol–water partition coefficient (Wildman–Crippen LogP) is 2.16. The van der Waals surface area contributed by atoms with E-state index in [1.165, 1.54) is 0 Å². The maximum absolute atomic E-state index is 12.2. The van der Waals surface area contributed by atoms with Crippen LogP contribution in [0.5, 0.6) is 0 Å². The molecule has 5 rings (SSSR count). The van der Waals surface area contributed by atoms with Crippen molar-refractivity contribution in [1.82, 2.24) is 25.3 Å². The Labute approximate surface area is 205 Å². The average Bonchev–Trinajstić information content (AvgIpc) is 3.18. The number of hydrogen-bond donors (Lipinski definition) is 2. The molecule has 1 saturated carbocycles. The Morgan fingerprint density at radius 2 is 1.91 bits per heavy atom. The number of carbonyl (C=O) groups excluding carboxylic acids is 1. The predicted molar refractivity (Wildman–Crippen MR) is 132 cm³/mol. The summed E-state index contributed by atoms with van der Waals surface area (Å²) in [6.45, 7) is 10.6. The number of hydrogen-bond acceptors (Lipinski definition) is 10. The summed E-state index contributed by atoms with van der Waals surface area (Å²) in [5.74, 6) is 1.89. The fourth-order valence-electron chi connectivity index (χ4n) is 4.91. The number of morpholine rings is 1. The van der Waals surface area contributed by atoms with Crippen LogP contribution in [0, 0.1) is 0 Å². The van der Waals surface area contributed by atoms with Crippen molar-refractivity contribution < 1.29 is 14.3 Å². The van der Waals surface area contributed by atoms with Crippen LogP contribution in [0.15, 0.2) is 12.4 Å². The molecule has 11 nitrogen and oxygen atoms in total. The lowest BCUT2D eigenvalue weighted by atomic mass is 9.85. The highest BCUT2D eigenvalue weighted by molar-refractivity contribution is 5.73. The van der Waals surface area contributed by atoms with Gasteiger partial charge in [0.05, 0.1) is 24.9 Å². The normalized spacial score (nSPS) is 24.1. The lowest BCUT2D eigenvalue weighted by molar-refractivity contribution is 0.0471. The number of alkyl carbamates (subject to hydrolysis) is 1. The van der Waals surface area contributed by atoms with Gasteiger partial charge in [0, 0.05) is 48.7 Å². The quantitative estimate of drug-likeness (QED) is 0.668. The third-order valence-corrected chi connectivity index (χ3v) is 6.69. The second-order valence-corrected chi connectivity index (χ2v) is 10.5. The molecule has 2 aliphatic heterocycles. The van der Waals surface area contributed by atoms with E-state index in [1.807, 2.05) is 20.8 Å². The minimum atomic E-state index is -0.507. The number of ether oxygens (including phenoxy) is 2.